The van der Waals surface area contributed by atoms with Gasteiger partial charge in [-0.15, -0.1) is 0 Å². The van der Waals surface area contributed by atoms with Crippen molar-refractivity contribution < 1.29 is 9.52 Å². The van der Waals surface area contributed by atoms with Crippen LogP contribution < -0.4 is 15.1 Å². The number of aromatic nitrogens is 2. The Balaban J connectivity index is 1.40. The summed E-state index contributed by atoms with van der Waals surface area (Å²) in [6.45, 7) is 3.57. The first-order chi connectivity index (χ1) is 14.0. The number of hydrogen-bond donors (Lipinski definition) is 2. The summed E-state index contributed by atoms with van der Waals surface area (Å²) >= 11 is 0. The Kier molecular flexibility index (Phi) is 5.69. The van der Waals surface area contributed by atoms with E-state index in [1.807, 2.05) is 49.5 Å². The summed E-state index contributed by atoms with van der Waals surface area (Å²) in [5.74, 6) is 1.73. The molecule has 1 aromatic carbocycles. The summed E-state index contributed by atoms with van der Waals surface area (Å²) in [4.78, 5) is 12.9. The van der Waals surface area contributed by atoms with Crippen LogP contribution in [0, 0.1) is 0 Å². The number of nitrogens with one attached hydrogen (secondary N) is 1. The molecule has 0 radical (unpaired) electrons. The number of anilines is 2. The fraction of sp³-hybridized carbons (Fsp3) is 0.455. The maximum Gasteiger partial charge on any atom is 0.134 e. The lowest BCUT2D eigenvalue weighted by atomic mass is 10.1. The third kappa shape index (κ3) is 4.36. The van der Waals surface area contributed by atoms with E-state index in [4.69, 9.17) is 4.42 Å². The molecule has 2 N–H and O–H groups in total. The second-order valence-corrected chi connectivity index (χ2v) is 8.10. The van der Waals surface area contributed by atoms with Crippen LogP contribution in [0.25, 0.3) is 11.0 Å². The van der Waals surface area contributed by atoms with Gasteiger partial charge in [0.2, 0.25) is 0 Å². The Bertz CT molecular complexity index is 957. The van der Waals surface area contributed by atoms with Crippen molar-refractivity contribution in [2.75, 3.05) is 37.0 Å². The number of nitrogens with zero attached hydrogens (tertiary/aromatic N) is 4. The smallest absolute Gasteiger partial charge is 0.134 e. The SMILES string of the molecule is CC(Cc1coc2ccccc12)NC[C@H]1C[C@@H](O)CN1c1cc(N(C)C)ncn1. The van der Waals surface area contributed by atoms with Gasteiger partial charge in [-0.25, -0.2) is 9.97 Å². The van der Waals surface area contributed by atoms with Gasteiger partial charge in [-0.05, 0) is 31.4 Å². The van der Waals surface area contributed by atoms with Crippen LogP contribution in [0.15, 0.2) is 47.3 Å². The summed E-state index contributed by atoms with van der Waals surface area (Å²) in [5.41, 5.74) is 2.15. The van der Waals surface area contributed by atoms with Crippen LogP contribution in [0.5, 0.6) is 0 Å². The lowest BCUT2D eigenvalue weighted by Crippen LogP contribution is -2.42. The van der Waals surface area contributed by atoms with Gasteiger partial charge in [0.15, 0.2) is 0 Å². The van der Waals surface area contributed by atoms with Crippen molar-refractivity contribution in [2.24, 2.45) is 0 Å². The molecule has 1 saturated heterocycles. The molecule has 0 amide bonds. The molecule has 0 saturated carbocycles. The zero-order valence-corrected chi connectivity index (χ0v) is 17.2. The Morgan fingerprint density at radius 3 is 2.97 bits per heavy atom. The Labute approximate surface area is 171 Å². The maximum atomic E-state index is 10.3. The van der Waals surface area contributed by atoms with Gasteiger partial charge in [0.1, 0.15) is 23.5 Å². The second-order valence-electron chi connectivity index (χ2n) is 8.10. The zero-order chi connectivity index (χ0) is 20.4. The first-order valence-corrected chi connectivity index (χ1v) is 10.1. The third-order valence-electron chi connectivity index (χ3n) is 5.57. The highest BCUT2D eigenvalue weighted by Gasteiger charge is 2.32. The van der Waals surface area contributed by atoms with Gasteiger partial charge in [-0.2, -0.15) is 0 Å². The van der Waals surface area contributed by atoms with Gasteiger partial charge in [0, 0.05) is 50.7 Å². The standard InChI is InChI=1S/C22H29N5O2/c1-15(8-16-13-29-20-7-5-4-6-19(16)20)23-11-17-9-18(28)12-27(17)22-10-21(26(2)3)24-14-25-22/h4-7,10,13-15,17-18,23,28H,8-9,11-12H2,1-3H3/t15?,17-,18-/m1/s1. The predicted octanol–water partition coefficient (Wildman–Crippen LogP) is 2.45. The molecule has 3 aromatic rings. The highest BCUT2D eigenvalue weighted by atomic mass is 16.3. The van der Waals surface area contributed by atoms with Gasteiger partial charge < -0.3 is 24.6 Å². The molecule has 29 heavy (non-hydrogen) atoms. The molecule has 1 aliphatic heterocycles. The van der Waals surface area contributed by atoms with E-state index in [-0.39, 0.29) is 12.1 Å². The van der Waals surface area contributed by atoms with Crippen molar-refractivity contribution in [1.29, 1.82) is 0 Å². The average Bonchev–Trinajstić information content (AvgIpc) is 3.30. The molecule has 3 atom stereocenters. The molecular weight excluding hydrogens is 366 g/mol. The zero-order valence-electron chi connectivity index (χ0n) is 17.2. The highest BCUT2D eigenvalue weighted by Crippen LogP contribution is 2.26. The number of aliphatic hydroxyl groups excluding tert-OH is 1. The molecule has 3 heterocycles. The fourth-order valence-corrected chi connectivity index (χ4v) is 4.04. The van der Waals surface area contributed by atoms with Crippen molar-refractivity contribution in [3.05, 3.63) is 48.5 Å². The largest absolute Gasteiger partial charge is 0.464 e. The molecule has 1 aliphatic rings. The van der Waals surface area contributed by atoms with Crippen LogP contribution in [0.3, 0.4) is 0 Å². The first-order valence-electron chi connectivity index (χ1n) is 10.1. The van der Waals surface area contributed by atoms with Gasteiger partial charge in [-0.1, -0.05) is 18.2 Å². The van der Waals surface area contributed by atoms with E-state index >= 15 is 0 Å². The molecule has 2 aromatic heterocycles. The van der Waals surface area contributed by atoms with Gasteiger partial charge in [-0.3, -0.25) is 0 Å². The van der Waals surface area contributed by atoms with Crippen molar-refractivity contribution >= 4 is 22.6 Å². The maximum absolute atomic E-state index is 10.3. The van der Waals surface area contributed by atoms with Gasteiger partial charge in [0.05, 0.1) is 12.4 Å². The van der Waals surface area contributed by atoms with E-state index in [1.54, 1.807) is 6.33 Å². The van der Waals surface area contributed by atoms with E-state index in [0.717, 1.165) is 36.6 Å². The quantitative estimate of drug-likeness (QED) is 0.636. The highest BCUT2D eigenvalue weighted by molar-refractivity contribution is 5.80. The molecule has 154 valence electrons. The van der Waals surface area contributed by atoms with E-state index in [2.05, 4.69) is 33.2 Å². The van der Waals surface area contributed by atoms with Crippen LogP contribution in [-0.4, -0.2) is 60.4 Å². The summed E-state index contributed by atoms with van der Waals surface area (Å²) < 4.78 is 5.66. The van der Waals surface area contributed by atoms with E-state index in [9.17, 15) is 5.11 Å². The minimum Gasteiger partial charge on any atom is -0.464 e. The Hall–Kier alpha value is -2.64. The molecule has 1 unspecified atom stereocenters. The molecule has 0 bridgehead atoms. The second kappa shape index (κ2) is 8.39. The van der Waals surface area contributed by atoms with E-state index < -0.39 is 0 Å². The van der Waals surface area contributed by atoms with Gasteiger partial charge in [0.25, 0.3) is 0 Å². The van der Waals surface area contributed by atoms with Crippen molar-refractivity contribution in [1.82, 2.24) is 15.3 Å². The topological polar surface area (TPSA) is 77.7 Å². The average molecular weight is 396 g/mol. The summed E-state index contributed by atoms with van der Waals surface area (Å²) in [6.07, 6.45) is 4.73. The number of rotatable bonds is 7. The molecular formula is C22H29N5O2. The number of para-hydroxylation sites is 1. The lowest BCUT2D eigenvalue weighted by Gasteiger charge is -2.27. The van der Waals surface area contributed by atoms with Crippen molar-refractivity contribution in [3.63, 3.8) is 0 Å². The lowest BCUT2D eigenvalue weighted by molar-refractivity contribution is 0.193. The fourth-order valence-electron chi connectivity index (χ4n) is 4.04. The number of benzene rings is 1. The monoisotopic (exact) mass is 395 g/mol. The normalized spacial score (nSPS) is 20.3. The number of furan rings is 1. The van der Waals surface area contributed by atoms with Crippen LogP contribution in [0.1, 0.15) is 18.9 Å². The summed E-state index contributed by atoms with van der Waals surface area (Å²) in [6, 6.07) is 10.6. The molecule has 0 spiro atoms. The minimum atomic E-state index is -0.340. The van der Waals surface area contributed by atoms with E-state index in [0.29, 0.717) is 12.6 Å². The third-order valence-corrected chi connectivity index (χ3v) is 5.57. The van der Waals surface area contributed by atoms with Crippen LogP contribution in [0.4, 0.5) is 11.6 Å². The van der Waals surface area contributed by atoms with Crippen molar-refractivity contribution in [3.8, 4) is 0 Å². The summed E-state index contributed by atoms with van der Waals surface area (Å²) in [7, 11) is 3.93. The Morgan fingerprint density at radius 2 is 2.14 bits per heavy atom. The summed E-state index contributed by atoms with van der Waals surface area (Å²) in [5, 5.41) is 15.1. The van der Waals surface area contributed by atoms with Gasteiger partial charge >= 0.3 is 0 Å². The molecule has 7 heteroatoms. The van der Waals surface area contributed by atoms with Crippen LogP contribution in [0.2, 0.25) is 0 Å². The predicted molar refractivity (Wildman–Crippen MR) is 115 cm³/mol. The number of fused-ring (bicyclic) bond motifs is 1. The molecule has 7 nitrogen and oxygen atoms in total. The minimum absolute atomic E-state index is 0.193. The first kappa shape index (κ1) is 19.7. The number of β-amino-alcohol motifs (C(OH)–C–C–N with tert-alkyl or cyclic N) is 1. The molecule has 1 fully saturated rings. The number of aliphatic hydroxyl groups is 1. The van der Waals surface area contributed by atoms with Crippen molar-refractivity contribution in [2.45, 2.75) is 38.0 Å². The van der Waals surface area contributed by atoms with Crippen LogP contribution in [-0.2, 0) is 6.42 Å². The van der Waals surface area contributed by atoms with Crippen LogP contribution >= 0.6 is 0 Å². The molecule has 4 rings (SSSR count). The molecule has 0 aliphatic carbocycles. The van der Waals surface area contributed by atoms with E-state index in [1.165, 1.54) is 10.9 Å². The number of hydrogen-bond acceptors (Lipinski definition) is 7. The Morgan fingerprint density at radius 1 is 1.31 bits per heavy atom.